The molecule has 3 rings (SSSR count). The maximum absolute atomic E-state index is 12.4. The first kappa shape index (κ1) is 19.1. The number of aryl methyl sites for hydroxylation is 1. The summed E-state index contributed by atoms with van der Waals surface area (Å²) in [6, 6.07) is 16.2. The standard InChI is InChI=1S/C22H25N3OS/c1-4-25(5-2)20-11-9-18(10-12-20)23-21(26)14-19-15-27-22(24-19)17-8-6-7-16(3)13-17/h6-13,15H,4-5,14H2,1-3H3,(H,23,26). The molecule has 0 unspecified atom stereocenters. The Bertz CT molecular complexity index is 898. The number of rotatable bonds is 7. The number of anilines is 2. The van der Waals surface area contributed by atoms with Crippen molar-refractivity contribution < 1.29 is 4.79 Å². The Morgan fingerprint density at radius 3 is 2.52 bits per heavy atom. The van der Waals surface area contributed by atoms with Gasteiger partial charge in [0.25, 0.3) is 0 Å². The summed E-state index contributed by atoms with van der Waals surface area (Å²) in [5.74, 6) is -0.0494. The van der Waals surface area contributed by atoms with Gasteiger partial charge in [-0.25, -0.2) is 4.98 Å². The van der Waals surface area contributed by atoms with E-state index in [-0.39, 0.29) is 12.3 Å². The van der Waals surface area contributed by atoms with Crippen molar-refractivity contribution in [3.63, 3.8) is 0 Å². The van der Waals surface area contributed by atoms with Crippen LogP contribution in [-0.4, -0.2) is 24.0 Å². The lowest BCUT2D eigenvalue weighted by atomic mass is 10.1. The summed E-state index contributed by atoms with van der Waals surface area (Å²) in [7, 11) is 0. The Morgan fingerprint density at radius 2 is 1.85 bits per heavy atom. The fourth-order valence-electron chi connectivity index (χ4n) is 3.01. The second-order valence-electron chi connectivity index (χ2n) is 6.46. The second kappa shape index (κ2) is 8.82. The molecule has 1 heterocycles. The molecule has 4 nitrogen and oxygen atoms in total. The lowest BCUT2D eigenvalue weighted by Gasteiger charge is -2.21. The van der Waals surface area contributed by atoms with Gasteiger partial charge >= 0.3 is 0 Å². The van der Waals surface area contributed by atoms with Crippen LogP contribution >= 0.6 is 11.3 Å². The quantitative estimate of drug-likeness (QED) is 0.618. The smallest absolute Gasteiger partial charge is 0.230 e. The normalized spacial score (nSPS) is 10.6. The summed E-state index contributed by atoms with van der Waals surface area (Å²) in [5, 5.41) is 5.87. The van der Waals surface area contributed by atoms with Gasteiger partial charge in [-0.2, -0.15) is 0 Å². The van der Waals surface area contributed by atoms with Crippen molar-refractivity contribution in [1.82, 2.24) is 4.98 Å². The van der Waals surface area contributed by atoms with Gasteiger partial charge in [0.1, 0.15) is 5.01 Å². The summed E-state index contributed by atoms with van der Waals surface area (Å²) in [6.07, 6.45) is 0.278. The number of carbonyl (C=O) groups excluding carboxylic acids is 1. The van der Waals surface area contributed by atoms with E-state index in [1.54, 1.807) is 11.3 Å². The Labute approximate surface area is 164 Å². The maximum atomic E-state index is 12.4. The highest BCUT2D eigenvalue weighted by Gasteiger charge is 2.10. The molecule has 0 spiro atoms. The minimum absolute atomic E-state index is 0.0494. The molecule has 0 aliphatic rings. The van der Waals surface area contributed by atoms with Crippen LogP contribution in [0, 0.1) is 6.92 Å². The van der Waals surface area contributed by atoms with Crippen LogP contribution in [0.4, 0.5) is 11.4 Å². The fraction of sp³-hybridized carbons (Fsp3) is 0.273. The van der Waals surface area contributed by atoms with Crippen molar-refractivity contribution in [3.8, 4) is 10.6 Å². The number of hydrogen-bond acceptors (Lipinski definition) is 4. The SMILES string of the molecule is CCN(CC)c1ccc(NC(=O)Cc2csc(-c3cccc(C)c3)n2)cc1. The lowest BCUT2D eigenvalue weighted by molar-refractivity contribution is -0.115. The summed E-state index contributed by atoms with van der Waals surface area (Å²) >= 11 is 1.57. The van der Waals surface area contributed by atoms with Crippen molar-refractivity contribution in [3.05, 3.63) is 65.2 Å². The van der Waals surface area contributed by atoms with Crippen molar-refractivity contribution in [2.24, 2.45) is 0 Å². The van der Waals surface area contributed by atoms with Gasteiger partial charge in [0.05, 0.1) is 12.1 Å². The van der Waals surface area contributed by atoms with E-state index in [0.717, 1.165) is 35.0 Å². The monoisotopic (exact) mass is 379 g/mol. The van der Waals surface area contributed by atoms with Crippen LogP contribution in [0.5, 0.6) is 0 Å². The second-order valence-corrected chi connectivity index (χ2v) is 7.32. The first-order chi connectivity index (χ1) is 13.1. The summed E-state index contributed by atoms with van der Waals surface area (Å²) in [6.45, 7) is 8.28. The number of nitrogens with zero attached hydrogens (tertiary/aromatic N) is 2. The van der Waals surface area contributed by atoms with E-state index < -0.39 is 0 Å². The first-order valence-corrected chi connectivity index (χ1v) is 10.1. The van der Waals surface area contributed by atoms with Crippen LogP contribution in [0.25, 0.3) is 10.6 Å². The van der Waals surface area contributed by atoms with Crippen LogP contribution < -0.4 is 10.2 Å². The summed E-state index contributed by atoms with van der Waals surface area (Å²) in [5.41, 5.74) is 5.08. The molecule has 1 N–H and O–H groups in total. The van der Waals surface area contributed by atoms with Crippen molar-refractivity contribution in [2.45, 2.75) is 27.2 Å². The van der Waals surface area contributed by atoms with Crippen molar-refractivity contribution >= 4 is 28.6 Å². The van der Waals surface area contributed by atoms with Crippen molar-refractivity contribution in [2.75, 3.05) is 23.3 Å². The minimum atomic E-state index is -0.0494. The molecule has 0 aliphatic carbocycles. The van der Waals surface area contributed by atoms with E-state index in [1.165, 1.54) is 11.3 Å². The third kappa shape index (κ3) is 4.95. The zero-order valence-electron chi connectivity index (χ0n) is 16.0. The number of hydrogen-bond donors (Lipinski definition) is 1. The summed E-state index contributed by atoms with van der Waals surface area (Å²) in [4.78, 5) is 19.2. The molecule has 3 aromatic rings. The minimum Gasteiger partial charge on any atom is -0.372 e. The first-order valence-electron chi connectivity index (χ1n) is 9.25. The lowest BCUT2D eigenvalue weighted by Crippen LogP contribution is -2.21. The zero-order chi connectivity index (χ0) is 19.2. The third-order valence-corrected chi connectivity index (χ3v) is 5.38. The molecular weight excluding hydrogens is 354 g/mol. The average Bonchev–Trinajstić information content (AvgIpc) is 3.12. The predicted octanol–water partition coefficient (Wildman–Crippen LogP) is 5.15. The molecule has 5 heteroatoms. The molecule has 140 valence electrons. The zero-order valence-corrected chi connectivity index (χ0v) is 16.8. The number of carbonyl (C=O) groups is 1. The summed E-state index contributed by atoms with van der Waals surface area (Å²) < 4.78 is 0. The van der Waals surface area contributed by atoms with Crippen LogP contribution in [0.2, 0.25) is 0 Å². The van der Waals surface area contributed by atoms with Crippen LogP contribution in [-0.2, 0) is 11.2 Å². The molecule has 1 amide bonds. The van der Waals surface area contributed by atoms with Gasteiger partial charge in [-0.1, -0.05) is 23.8 Å². The number of aromatic nitrogens is 1. The Morgan fingerprint density at radius 1 is 1.11 bits per heavy atom. The van der Waals surface area contributed by atoms with E-state index in [4.69, 9.17) is 0 Å². The number of benzene rings is 2. The Hall–Kier alpha value is -2.66. The maximum Gasteiger partial charge on any atom is 0.230 e. The predicted molar refractivity (Wildman–Crippen MR) is 115 cm³/mol. The van der Waals surface area contributed by atoms with E-state index in [2.05, 4.69) is 48.1 Å². The van der Waals surface area contributed by atoms with Gasteiger partial charge in [0, 0.05) is 35.4 Å². The van der Waals surface area contributed by atoms with Gasteiger partial charge in [-0.05, 0) is 51.1 Å². The van der Waals surface area contributed by atoms with Crippen LogP contribution in [0.1, 0.15) is 25.1 Å². The highest BCUT2D eigenvalue weighted by molar-refractivity contribution is 7.13. The van der Waals surface area contributed by atoms with Gasteiger partial charge in [-0.3, -0.25) is 4.79 Å². The van der Waals surface area contributed by atoms with Gasteiger partial charge in [0.15, 0.2) is 0 Å². The number of thiazole rings is 1. The number of amides is 1. The molecule has 0 atom stereocenters. The highest BCUT2D eigenvalue weighted by atomic mass is 32.1. The molecule has 27 heavy (non-hydrogen) atoms. The molecule has 0 radical (unpaired) electrons. The van der Waals surface area contributed by atoms with Gasteiger partial charge < -0.3 is 10.2 Å². The molecule has 0 aliphatic heterocycles. The van der Waals surface area contributed by atoms with Crippen molar-refractivity contribution in [1.29, 1.82) is 0 Å². The Balaban J connectivity index is 1.61. The van der Waals surface area contributed by atoms with Gasteiger partial charge in [-0.15, -0.1) is 11.3 Å². The van der Waals surface area contributed by atoms with Gasteiger partial charge in [0.2, 0.25) is 5.91 Å². The Kier molecular flexibility index (Phi) is 6.24. The largest absolute Gasteiger partial charge is 0.372 e. The van der Waals surface area contributed by atoms with E-state index in [1.807, 2.05) is 41.8 Å². The van der Waals surface area contributed by atoms with E-state index in [0.29, 0.717) is 0 Å². The third-order valence-electron chi connectivity index (χ3n) is 4.44. The molecule has 1 aromatic heterocycles. The molecule has 0 fully saturated rings. The molecule has 0 saturated carbocycles. The fourth-order valence-corrected chi connectivity index (χ4v) is 3.83. The van der Waals surface area contributed by atoms with E-state index in [9.17, 15) is 4.79 Å². The van der Waals surface area contributed by atoms with E-state index >= 15 is 0 Å². The average molecular weight is 380 g/mol. The van der Waals surface area contributed by atoms with Crippen LogP contribution in [0.15, 0.2) is 53.9 Å². The highest BCUT2D eigenvalue weighted by Crippen LogP contribution is 2.25. The number of nitrogens with one attached hydrogen (secondary N) is 1. The molecular formula is C22H25N3OS. The molecule has 2 aromatic carbocycles. The molecule has 0 bridgehead atoms. The topological polar surface area (TPSA) is 45.2 Å². The molecule has 0 saturated heterocycles. The van der Waals surface area contributed by atoms with Crippen LogP contribution in [0.3, 0.4) is 0 Å².